The lowest BCUT2D eigenvalue weighted by molar-refractivity contribution is -0.514. The van der Waals surface area contributed by atoms with Gasteiger partial charge < -0.3 is 10.1 Å². The Labute approximate surface area is 155 Å². The molecule has 3 heterocycles. The van der Waals surface area contributed by atoms with Crippen molar-refractivity contribution in [1.29, 1.82) is 0 Å². The van der Waals surface area contributed by atoms with Gasteiger partial charge in [-0.2, -0.15) is 8.97 Å². The molecule has 0 radical (unpaired) electrons. The summed E-state index contributed by atoms with van der Waals surface area (Å²) in [6.07, 6.45) is 3.86. The first-order valence-electron chi connectivity index (χ1n) is 8.55. The van der Waals surface area contributed by atoms with Crippen molar-refractivity contribution >= 4 is 24.2 Å². The van der Waals surface area contributed by atoms with Crippen LogP contribution in [0.25, 0.3) is 11.3 Å². The van der Waals surface area contributed by atoms with Gasteiger partial charge in [-0.05, 0) is 43.2 Å². The first kappa shape index (κ1) is 17.1. The highest BCUT2D eigenvalue weighted by Gasteiger charge is 2.30. The highest BCUT2D eigenvalue weighted by Crippen LogP contribution is 2.22. The number of ether oxygens (including phenoxy) is 1. The van der Waals surface area contributed by atoms with Crippen LogP contribution in [0.2, 0.25) is 0 Å². The summed E-state index contributed by atoms with van der Waals surface area (Å²) in [6.45, 7) is 1.22. The fourth-order valence-corrected chi connectivity index (χ4v) is 3.71. The van der Waals surface area contributed by atoms with Gasteiger partial charge in [0, 0.05) is 19.2 Å². The number of hydrogen-bond acceptors (Lipinski definition) is 3. The molecule has 1 aromatic carbocycles. The molecule has 0 saturated carbocycles. The van der Waals surface area contributed by atoms with Crippen molar-refractivity contribution in [2.75, 3.05) is 13.2 Å². The molecule has 1 N–H and O–H groups in total. The summed E-state index contributed by atoms with van der Waals surface area (Å²) < 4.78 is 22.5. The summed E-state index contributed by atoms with van der Waals surface area (Å²) in [4.78, 5) is 12.8. The third-order valence-corrected chi connectivity index (χ3v) is 4.96. The lowest BCUT2D eigenvalue weighted by Crippen LogP contribution is -2.38. The summed E-state index contributed by atoms with van der Waals surface area (Å²) in [5.41, 5.74) is 1.94. The van der Waals surface area contributed by atoms with Crippen LogP contribution < -0.4 is 9.72 Å². The van der Waals surface area contributed by atoms with Crippen LogP contribution in [-0.2, 0) is 4.74 Å². The molecule has 1 saturated heterocycles. The Hall–Kier alpha value is -2.38. The summed E-state index contributed by atoms with van der Waals surface area (Å²) >= 11 is 4.61. The van der Waals surface area contributed by atoms with E-state index in [2.05, 4.69) is 17.9 Å². The SMILES string of the molecule is O=C(NC[C@H]1CCCO1)c1c(S)n(-c2ccc(F)cc2)c2cccc[n+]12. The first-order chi connectivity index (χ1) is 12.6. The van der Waals surface area contributed by atoms with Crippen molar-refractivity contribution in [2.24, 2.45) is 0 Å². The minimum Gasteiger partial charge on any atom is -0.376 e. The van der Waals surface area contributed by atoms with Crippen LogP contribution in [0.5, 0.6) is 0 Å². The van der Waals surface area contributed by atoms with Gasteiger partial charge in [-0.25, -0.2) is 4.39 Å². The van der Waals surface area contributed by atoms with Gasteiger partial charge >= 0.3 is 0 Å². The maximum Gasteiger partial charge on any atom is 0.296 e. The van der Waals surface area contributed by atoms with E-state index < -0.39 is 0 Å². The molecule has 1 aliphatic heterocycles. The lowest BCUT2D eigenvalue weighted by Gasteiger charge is -2.09. The van der Waals surface area contributed by atoms with Gasteiger partial charge in [0.2, 0.25) is 5.03 Å². The zero-order valence-electron chi connectivity index (χ0n) is 14.1. The molecule has 0 bridgehead atoms. The number of aromatic nitrogens is 2. The zero-order chi connectivity index (χ0) is 18.1. The maximum absolute atomic E-state index is 13.3. The van der Waals surface area contributed by atoms with Crippen LogP contribution >= 0.6 is 12.6 Å². The quantitative estimate of drug-likeness (QED) is 0.546. The van der Waals surface area contributed by atoms with E-state index in [4.69, 9.17) is 4.74 Å². The monoisotopic (exact) mass is 372 g/mol. The number of benzene rings is 1. The molecular weight excluding hydrogens is 353 g/mol. The number of rotatable bonds is 4. The third kappa shape index (κ3) is 3.08. The van der Waals surface area contributed by atoms with Gasteiger partial charge in [-0.3, -0.25) is 4.79 Å². The van der Waals surface area contributed by atoms with Crippen molar-refractivity contribution in [3.8, 4) is 5.69 Å². The van der Waals surface area contributed by atoms with Crippen LogP contribution in [0.4, 0.5) is 4.39 Å². The van der Waals surface area contributed by atoms with Gasteiger partial charge in [0.15, 0.2) is 0 Å². The van der Waals surface area contributed by atoms with Crippen molar-refractivity contribution in [3.63, 3.8) is 0 Å². The largest absolute Gasteiger partial charge is 0.376 e. The van der Waals surface area contributed by atoms with E-state index in [9.17, 15) is 9.18 Å². The Bertz CT molecular complexity index is 949. The van der Waals surface area contributed by atoms with E-state index in [1.54, 1.807) is 16.5 Å². The molecule has 1 aliphatic rings. The van der Waals surface area contributed by atoms with Crippen LogP contribution in [0.3, 0.4) is 0 Å². The molecule has 0 unspecified atom stereocenters. The average Bonchev–Trinajstić information content (AvgIpc) is 3.26. The number of hydrogen-bond donors (Lipinski definition) is 2. The number of halogens is 1. The summed E-state index contributed by atoms with van der Waals surface area (Å²) in [7, 11) is 0. The highest BCUT2D eigenvalue weighted by molar-refractivity contribution is 7.80. The topological polar surface area (TPSA) is 47.4 Å². The molecule has 134 valence electrons. The second-order valence-electron chi connectivity index (χ2n) is 6.26. The van der Waals surface area contributed by atoms with Crippen molar-refractivity contribution < 1.29 is 18.3 Å². The summed E-state index contributed by atoms with van der Waals surface area (Å²) in [5.74, 6) is -0.527. The van der Waals surface area contributed by atoms with Crippen LogP contribution in [-0.4, -0.2) is 29.7 Å². The molecule has 7 heteroatoms. The van der Waals surface area contributed by atoms with E-state index >= 15 is 0 Å². The second-order valence-corrected chi connectivity index (χ2v) is 6.68. The van der Waals surface area contributed by atoms with Gasteiger partial charge in [0.1, 0.15) is 11.5 Å². The fraction of sp³-hybridized carbons (Fsp3) is 0.263. The first-order valence-corrected chi connectivity index (χ1v) is 8.99. The Morgan fingerprint density at radius 2 is 2.12 bits per heavy atom. The molecule has 4 rings (SSSR count). The van der Waals surface area contributed by atoms with Gasteiger partial charge in [0.05, 0.1) is 12.3 Å². The fourth-order valence-electron chi connectivity index (χ4n) is 3.28. The molecule has 5 nitrogen and oxygen atoms in total. The Morgan fingerprint density at radius 1 is 1.31 bits per heavy atom. The number of carbonyl (C=O) groups is 1. The summed E-state index contributed by atoms with van der Waals surface area (Å²) in [5, 5.41) is 3.43. The van der Waals surface area contributed by atoms with E-state index in [1.807, 2.05) is 29.0 Å². The zero-order valence-corrected chi connectivity index (χ0v) is 15.0. The Balaban J connectivity index is 1.73. The van der Waals surface area contributed by atoms with Crippen molar-refractivity contribution in [1.82, 2.24) is 9.88 Å². The molecule has 1 atom stereocenters. The molecule has 1 fully saturated rings. The molecule has 0 aliphatic carbocycles. The number of pyridine rings is 1. The Kier molecular flexibility index (Phi) is 4.65. The molecular formula is C19H19FN3O2S+. The smallest absolute Gasteiger partial charge is 0.296 e. The minimum atomic E-state index is -0.312. The Morgan fingerprint density at radius 3 is 2.85 bits per heavy atom. The van der Waals surface area contributed by atoms with Gasteiger partial charge in [0.25, 0.3) is 17.2 Å². The van der Waals surface area contributed by atoms with Gasteiger partial charge in [-0.15, -0.1) is 0 Å². The standard InChI is InChI=1S/C19H18FN3O2S/c20-13-6-8-14(9-7-13)23-16-5-1-2-10-22(16)17(19(23)26)18(24)21-12-15-4-3-11-25-15/h1-2,5-10,15H,3-4,11-12H2,(H-,21,24,26)/p+1/t15-/m1/s1. The van der Waals surface area contributed by atoms with Gasteiger partial charge in [-0.1, -0.05) is 18.7 Å². The number of fused-ring (bicyclic) bond motifs is 1. The number of nitrogens with one attached hydrogen (secondary N) is 1. The number of carbonyl (C=O) groups excluding carboxylic acids is 1. The third-order valence-electron chi connectivity index (χ3n) is 4.55. The minimum absolute atomic E-state index is 0.0674. The number of nitrogens with zero attached hydrogens (tertiary/aromatic N) is 2. The number of amides is 1. The molecule has 2 aromatic heterocycles. The lowest BCUT2D eigenvalue weighted by atomic mass is 10.2. The van der Waals surface area contributed by atoms with Crippen LogP contribution in [0, 0.1) is 5.82 Å². The van der Waals surface area contributed by atoms with Crippen molar-refractivity contribution in [2.45, 2.75) is 24.0 Å². The van der Waals surface area contributed by atoms with Crippen LogP contribution in [0.15, 0.2) is 53.7 Å². The van der Waals surface area contributed by atoms with E-state index in [0.29, 0.717) is 17.3 Å². The molecule has 3 aromatic rings. The van der Waals surface area contributed by atoms with E-state index in [1.165, 1.54) is 12.1 Å². The number of imidazole rings is 1. The predicted molar refractivity (Wildman–Crippen MR) is 97.4 cm³/mol. The predicted octanol–water partition coefficient (Wildman–Crippen LogP) is 2.55. The van der Waals surface area contributed by atoms with E-state index in [-0.39, 0.29) is 17.8 Å². The average molecular weight is 372 g/mol. The normalized spacial score (nSPS) is 16.9. The molecule has 0 spiro atoms. The van der Waals surface area contributed by atoms with E-state index in [0.717, 1.165) is 30.8 Å². The number of thiol groups is 1. The molecule has 26 heavy (non-hydrogen) atoms. The van der Waals surface area contributed by atoms with Crippen molar-refractivity contribution in [3.05, 3.63) is 60.2 Å². The second kappa shape index (κ2) is 7.09. The van der Waals surface area contributed by atoms with Crippen LogP contribution in [0.1, 0.15) is 23.3 Å². The highest BCUT2D eigenvalue weighted by atomic mass is 32.1. The molecule has 1 amide bonds. The maximum atomic E-state index is 13.3. The summed E-state index contributed by atoms with van der Waals surface area (Å²) in [6, 6.07) is 11.7.